The smallest absolute Gasteiger partial charge is 0.326 e. The van der Waals surface area contributed by atoms with Crippen LogP contribution in [0.4, 0.5) is 0 Å². The standard InChI is InChI=1S/C24H36N2O3/c1-2-3-4-5-6-7-8-9-10-11-16-23(27)26-22(24(28)29)17-19-18-25-21-15-13-12-14-20(19)21/h12-15,18,22,25H,2-11,16-17H2,1H3,(H,26,27)(H,28,29)/t22-/m0/s1. The number of nitrogens with one attached hydrogen (secondary N) is 2. The maximum absolute atomic E-state index is 12.2. The lowest BCUT2D eigenvalue weighted by atomic mass is 10.0. The molecule has 1 heterocycles. The second kappa shape index (κ2) is 13.0. The molecule has 0 fully saturated rings. The van der Waals surface area contributed by atoms with Crippen LogP contribution in [0.2, 0.25) is 0 Å². The van der Waals surface area contributed by atoms with Crippen LogP contribution >= 0.6 is 0 Å². The second-order valence-electron chi connectivity index (χ2n) is 7.95. The summed E-state index contributed by atoms with van der Waals surface area (Å²) in [4.78, 5) is 27.0. The number of para-hydroxylation sites is 1. The van der Waals surface area contributed by atoms with Crippen LogP contribution in [-0.2, 0) is 16.0 Å². The predicted molar refractivity (Wildman–Crippen MR) is 118 cm³/mol. The minimum atomic E-state index is -0.994. The Bertz CT molecular complexity index is 753. The summed E-state index contributed by atoms with van der Waals surface area (Å²) in [6, 6.07) is 6.89. The van der Waals surface area contributed by atoms with Crippen molar-refractivity contribution in [3.63, 3.8) is 0 Å². The van der Waals surface area contributed by atoms with Gasteiger partial charge < -0.3 is 15.4 Å². The quantitative estimate of drug-likeness (QED) is 0.341. The highest BCUT2D eigenvalue weighted by Gasteiger charge is 2.21. The summed E-state index contributed by atoms with van der Waals surface area (Å²) in [7, 11) is 0. The van der Waals surface area contributed by atoms with E-state index in [9.17, 15) is 14.7 Å². The van der Waals surface area contributed by atoms with Gasteiger partial charge in [-0.25, -0.2) is 4.79 Å². The molecule has 5 nitrogen and oxygen atoms in total. The van der Waals surface area contributed by atoms with Crippen molar-refractivity contribution in [2.24, 2.45) is 0 Å². The number of unbranched alkanes of at least 4 members (excludes halogenated alkanes) is 9. The van der Waals surface area contributed by atoms with Gasteiger partial charge in [-0.2, -0.15) is 0 Å². The van der Waals surface area contributed by atoms with Crippen LogP contribution in [0.15, 0.2) is 30.5 Å². The number of benzene rings is 1. The zero-order valence-electron chi connectivity index (χ0n) is 17.7. The molecule has 0 unspecified atom stereocenters. The molecule has 3 N–H and O–H groups in total. The van der Waals surface area contributed by atoms with E-state index in [1.165, 1.54) is 44.9 Å². The Morgan fingerprint density at radius 3 is 2.24 bits per heavy atom. The molecule has 0 spiro atoms. The van der Waals surface area contributed by atoms with Gasteiger partial charge in [-0.05, 0) is 18.1 Å². The maximum Gasteiger partial charge on any atom is 0.326 e. The van der Waals surface area contributed by atoms with Gasteiger partial charge >= 0.3 is 5.97 Å². The number of aliphatic carboxylic acids is 1. The van der Waals surface area contributed by atoms with E-state index in [1.807, 2.05) is 30.5 Å². The third kappa shape index (κ3) is 8.30. The monoisotopic (exact) mass is 400 g/mol. The number of carboxylic acids is 1. The normalized spacial score (nSPS) is 12.2. The summed E-state index contributed by atoms with van der Waals surface area (Å²) in [6.07, 6.45) is 14.6. The number of aromatic amines is 1. The van der Waals surface area contributed by atoms with Gasteiger partial charge in [0.05, 0.1) is 0 Å². The fourth-order valence-electron chi connectivity index (χ4n) is 3.76. The fourth-order valence-corrected chi connectivity index (χ4v) is 3.76. The summed E-state index contributed by atoms with van der Waals surface area (Å²) < 4.78 is 0. The summed E-state index contributed by atoms with van der Waals surface area (Å²) in [5.74, 6) is -1.16. The molecule has 1 amide bonds. The molecular weight excluding hydrogens is 364 g/mol. The number of rotatable bonds is 15. The molecule has 0 aliphatic rings. The minimum absolute atomic E-state index is 0.170. The van der Waals surface area contributed by atoms with E-state index in [2.05, 4.69) is 17.2 Å². The molecule has 2 aromatic rings. The Labute approximate surface area is 174 Å². The van der Waals surface area contributed by atoms with E-state index in [0.29, 0.717) is 6.42 Å². The van der Waals surface area contributed by atoms with Crippen molar-refractivity contribution in [2.75, 3.05) is 0 Å². The van der Waals surface area contributed by atoms with E-state index in [4.69, 9.17) is 0 Å². The third-order valence-corrected chi connectivity index (χ3v) is 5.49. The van der Waals surface area contributed by atoms with Crippen molar-refractivity contribution in [1.82, 2.24) is 10.3 Å². The number of H-pyrrole nitrogens is 1. The Hall–Kier alpha value is -2.30. The lowest BCUT2D eigenvalue weighted by Crippen LogP contribution is -2.42. The topological polar surface area (TPSA) is 82.2 Å². The Morgan fingerprint density at radius 2 is 1.59 bits per heavy atom. The van der Waals surface area contributed by atoms with Crippen LogP contribution in [0.3, 0.4) is 0 Å². The first-order chi connectivity index (χ1) is 14.1. The zero-order valence-corrected chi connectivity index (χ0v) is 17.7. The molecule has 0 aliphatic carbocycles. The van der Waals surface area contributed by atoms with Gasteiger partial charge in [0.1, 0.15) is 6.04 Å². The lowest BCUT2D eigenvalue weighted by Gasteiger charge is -2.14. The van der Waals surface area contributed by atoms with Crippen molar-refractivity contribution in [3.8, 4) is 0 Å². The highest BCUT2D eigenvalue weighted by atomic mass is 16.4. The first kappa shape index (κ1) is 23.0. The van der Waals surface area contributed by atoms with Gasteiger partial charge in [-0.15, -0.1) is 0 Å². The highest BCUT2D eigenvalue weighted by Crippen LogP contribution is 2.19. The van der Waals surface area contributed by atoms with Crippen LogP contribution < -0.4 is 5.32 Å². The van der Waals surface area contributed by atoms with E-state index < -0.39 is 12.0 Å². The number of hydrogen-bond donors (Lipinski definition) is 3. The number of hydrogen-bond acceptors (Lipinski definition) is 2. The lowest BCUT2D eigenvalue weighted by molar-refractivity contribution is -0.141. The summed E-state index contributed by atoms with van der Waals surface area (Å²) >= 11 is 0. The first-order valence-corrected chi connectivity index (χ1v) is 11.2. The van der Waals surface area contributed by atoms with Crippen LogP contribution in [-0.4, -0.2) is 28.0 Å². The molecule has 0 saturated carbocycles. The van der Waals surface area contributed by atoms with Gasteiger partial charge in [0.15, 0.2) is 0 Å². The minimum Gasteiger partial charge on any atom is -0.480 e. The molecule has 1 aromatic heterocycles. The maximum atomic E-state index is 12.2. The zero-order chi connectivity index (χ0) is 20.9. The molecular formula is C24H36N2O3. The molecule has 160 valence electrons. The molecule has 0 aliphatic heterocycles. The van der Waals surface area contributed by atoms with Crippen molar-refractivity contribution >= 4 is 22.8 Å². The van der Waals surface area contributed by atoms with Gasteiger partial charge in [-0.1, -0.05) is 82.9 Å². The number of carbonyl (C=O) groups excluding carboxylic acids is 1. The second-order valence-corrected chi connectivity index (χ2v) is 7.95. The molecule has 2 rings (SSSR count). The Balaban J connectivity index is 1.65. The number of carboxylic acid groups (broad SMARTS) is 1. The van der Waals surface area contributed by atoms with Crippen LogP contribution in [0.1, 0.15) is 83.1 Å². The van der Waals surface area contributed by atoms with Crippen molar-refractivity contribution in [1.29, 1.82) is 0 Å². The Kier molecular flexibility index (Phi) is 10.3. The average molecular weight is 401 g/mol. The molecule has 0 radical (unpaired) electrons. The molecule has 5 heteroatoms. The van der Waals surface area contributed by atoms with E-state index in [-0.39, 0.29) is 12.3 Å². The summed E-state index contributed by atoms with van der Waals surface area (Å²) in [6.45, 7) is 2.23. The summed E-state index contributed by atoms with van der Waals surface area (Å²) in [5, 5.41) is 13.2. The van der Waals surface area contributed by atoms with E-state index in [0.717, 1.165) is 35.7 Å². The SMILES string of the molecule is CCCCCCCCCCCCC(=O)N[C@@H](Cc1c[nH]c2ccccc12)C(=O)O. The van der Waals surface area contributed by atoms with Gasteiger partial charge in [0, 0.05) is 29.9 Å². The van der Waals surface area contributed by atoms with Gasteiger partial charge in [0.25, 0.3) is 0 Å². The van der Waals surface area contributed by atoms with E-state index >= 15 is 0 Å². The molecule has 0 bridgehead atoms. The average Bonchev–Trinajstić information content (AvgIpc) is 3.12. The molecule has 0 saturated heterocycles. The number of amides is 1. The predicted octanol–water partition coefficient (Wildman–Crippen LogP) is 5.59. The largest absolute Gasteiger partial charge is 0.480 e. The van der Waals surface area contributed by atoms with Crippen LogP contribution in [0.25, 0.3) is 10.9 Å². The fraction of sp³-hybridized carbons (Fsp3) is 0.583. The highest BCUT2D eigenvalue weighted by molar-refractivity contribution is 5.86. The van der Waals surface area contributed by atoms with Crippen molar-refractivity contribution < 1.29 is 14.7 Å². The molecule has 1 atom stereocenters. The van der Waals surface area contributed by atoms with Crippen molar-refractivity contribution in [3.05, 3.63) is 36.0 Å². The molecule has 1 aromatic carbocycles. The first-order valence-electron chi connectivity index (χ1n) is 11.2. The van der Waals surface area contributed by atoms with Gasteiger partial charge in [-0.3, -0.25) is 4.79 Å². The van der Waals surface area contributed by atoms with Crippen molar-refractivity contribution in [2.45, 2.75) is 90.0 Å². The van der Waals surface area contributed by atoms with E-state index in [1.54, 1.807) is 0 Å². The van der Waals surface area contributed by atoms with Crippen LogP contribution in [0.5, 0.6) is 0 Å². The van der Waals surface area contributed by atoms with Gasteiger partial charge in [0.2, 0.25) is 5.91 Å². The Morgan fingerprint density at radius 1 is 0.966 bits per heavy atom. The number of carbonyl (C=O) groups is 2. The number of fused-ring (bicyclic) bond motifs is 1. The number of aromatic nitrogens is 1. The molecule has 29 heavy (non-hydrogen) atoms. The third-order valence-electron chi connectivity index (χ3n) is 5.49. The summed E-state index contributed by atoms with van der Waals surface area (Å²) in [5.41, 5.74) is 1.88. The van der Waals surface area contributed by atoms with Crippen LogP contribution in [0, 0.1) is 0 Å².